The van der Waals surface area contributed by atoms with Crippen molar-refractivity contribution in [2.75, 3.05) is 7.11 Å². The Hall–Kier alpha value is -1.22. The van der Waals surface area contributed by atoms with Gasteiger partial charge in [0.2, 0.25) is 0 Å². The lowest BCUT2D eigenvalue weighted by Crippen LogP contribution is -2.04. The normalized spacial score (nSPS) is 12.2. The van der Waals surface area contributed by atoms with Crippen LogP contribution in [0.25, 0.3) is 0 Å². The van der Waals surface area contributed by atoms with E-state index >= 15 is 0 Å². The van der Waals surface area contributed by atoms with Crippen LogP contribution in [0.4, 0.5) is 0 Å². The van der Waals surface area contributed by atoms with Crippen LogP contribution in [0.15, 0.2) is 42.5 Å². The lowest BCUT2D eigenvalue weighted by atomic mass is 10.0. The number of aliphatic hydroxyl groups excluding tert-OH is 1. The van der Waals surface area contributed by atoms with Gasteiger partial charge in [0.05, 0.1) is 13.2 Å². The number of rotatable bonds is 4. The van der Waals surface area contributed by atoms with Gasteiger partial charge in [-0.1, -0.05) is 47.5 Å². The summed E-state index contributed by atoms with van der Waals surface area (Å²) in [7, 11) is 1.58. The highest BCUT2D eigenvalue weighted by Gasteiger charge is 2.15. The van der Waals surface area contributed by atoms with Crippen LogP contribution in [0, 0.1) is 0 Å². The SMILES string of the molecule is COc1ccccc1C(O)Cc1ccc(Cl)cc1Cl. The van der Waals surface area contributed by atoms with Gasteiger partial charge in [-0.25, -0.2) is 0 Å². The molecule has 0 bridgehead atoms. The molecule has 1 N–H and O–H groups in total. The number of methoxy groups -OCH3 is 1. The van der Waals surface area contributed by atoms with E-state index in [1.165, 1.54) is 0 Å². The summed E-state index contributed by atoms with van der Waals surface area (Å²) in [6.07, 6.45) is -0.258. The number of halogens is 2. The Bertz CT molecular complexity index is 570. The van der Waals surface area contributed by atoms with Crippen LogP contribution in [0.2, 0.25) is 10.0 Å². The van der Waals surface area contributed by atoms with E-state index < -0.39 is 6.10 Å². The maximum absolute atomic E-state index is 10.3. The molecule has 0 amide bonds. The average Bonchev–Trinajstić information content (AvgIpc) is 2.41. The number of ether oxygens (including phenoxy) is 1. The van der Waals surface area contributed by atoms with Crippen molar-refractivity contribution in [2.24, 2.45) is 0 Å². The molecule has 0 aliphatic heterocycles. The predicted molar refractivity (Wildman–Crippen MR) is 78.1 cm³/mol. The minimum atomic E-state index is -0.671. The van der Waals surface area contributed by atoms with Crippen LogP contribution in [0.3, 0.4) is 0 Å². The minimum absolute atomic E-state index is 0.413. The molecule has 0 saturated carbocycles. The van der Waals surface area contributed by atoms with E-state index in [0.29, 0.717) is 22.2 Å². The third-order valence-electron chi connectivity index (χ3n) is 2.93. The number of hydrogen-bond donors (Lipinski definition) is 1. The van der Waals surface area contributed by atoms with E-state index in [2.05, 4.69) is 0 Å². The third-order valence-corrected chi connectivity index (χ3v) is 3.51. The lowest BCUT2D eigenvalue weighted by Gasteiger charge is -2.15. The predicted octanol–water partition coefficient (Wildman–Crippen LogP) is 4.28. The standard InChI is InChI=1S/C15H14Cl2O2/c1-19-15-5-3-2-4-12(15)14(18)8-10-6-7-11(16)9-13(10)17/h2-7,9,14,18H,8H2,1H3. The quantitative estimate of drug-likeness (QED) is 0.912. The van der Waals surface area contributed by atoms with E-state index in [1.54, 1.807) is 19.2 Å². The zero-order valence-electron chi connectivity index (χ0n) is 10.4. The van der Waals surface area contributed by atoms with Crippen molar-refractivity contribution in [3.05, 3.63) is 63.6 Å². The Morgan fingerprint density at radius 3 is 2.58 bits per heavy atom. The average molecular weight is 297 g/mol. The fraction of sp³-hybridized carbons (Fsp3) is 0.200. The van der Waals surface area contributed by atoms with Crippen molar-refractivity contribution in [1.82, 2.24) is 0 Å². The molecule has 0 radical (unpaired) electrons. The van der Waals surface area contributed by atoms with Crippen LogP contribution in [0.1, 0.15) is 17.2 Å². The van der Waals surface area contributed by atoms with Crippen molar-refractivity contribution in [2.45, 2.75) is 12.5 Å². The summed E-state index contributed by atoms with van der Waals surface area (Å²) in [5.74, 6) is 0.667. The van der Waals surface area contributed by atoms with E-state index in [1.807, 2.05) is 30.3 Å². The van der Waals surface area contributed by atoms with Crippen LogP contribution in [0.5, 0.6) is 5.75 Å². The second-order valence-electron chi connectivity index (χ2n) is 4.20. The van der Waals surface area contributed by atoms with Gasteiger partial charge in [0.15, 0.2) is 0 Å². The smallest absolute Gasteiger partial charge is 0.124 e. The fourth-order valence-corrected chi connectivity index (χ4v) is 2.43. The molecular formula is C15H14Cl2O2. The highest BCUT2D eigenvalue weighted by atomic mass is 35.5. The highest BCUT2D eigenvalue weighted by molar-refractivity contribution is 6.35. The number of hydrogen-bond acceptors (Lipinski definition) is 2. The molecule has 100 valence electrons. The molecule has 0 aliphatic carbocycles. The molecule has 0 fully saturated rings. The first-order chi connectivity index (χ1) is 9.11. The summed E-state index contributed by atoms with van der Waals surface area (Å²) >= 11 is 12.0. The molecule has 1 unspecified atom stereocenters. The van der Waals surface area contributed by atoms with E-state index in [0.717, 1.165) is 11.1 Å². The van der Waals surface area contributed by atoms with Gasteiger partial charge in [-0.3, -0.25) is 0 Å². The molecule has 1 atom stereocenters. The van der Waals surface area contributed by atoms with Crippen molar-refractivity contribution in [3.63, 3.8) is 0 Å². The maximum atomic E-state index is 10.3. The van der Waals surface area contributed by atoms with Gasteiger partial charge in [-0.05, 0) is 23.8 Å². The topological polar surface area (TPSA) is 29.5 Å². The second-order valence-corrected chi connectivity index (χ2v) is 5.04. The van der Waals surface area contributed by atoms with Crippen molar-refractivity contribution in [3.8, 4) is 5.75 Å². The molecular weight excluding hydrogens is 283 g/mol. The largest absolute Gasteiger partial charge is 0.496 e. The Labute approximate surface area is 122 Å². The molecule has 0 saturated heterocycles. The molecule has 4 heteroatoms. The summed E-state index contributed by atoms with van der Waals surface area (Å²) in [6.45, 7) is 0. The van der Waals surface area contributed by atoms with Crippen molar-refractivity contribution < 1.29 is 9.84 Å². The first kappa shape index (κ1) is 14.2. The highest BCUT2D eigenvalue weighted by Crippen LogP contribution is 2.30. The summed E-state index contributed by atoms with van der Waals surface area (Å²) < 4.78 is 5.24. The monoisotopic (exact) mass is 296 g/mol. The number of benzene rings is 2. The van der Waals surface area contributed by atoms with E-state index in [4.69, 9.17) is 27.9 Å². The Morgan fingerprint density at radius 2 is 1.89 bits per heavy atom. The molecule has 19 heavy (non-hydrogen) atoms. The van der Waals surface area contributed by atoms with Gasteiger partial charge in [0.1, 0.15) is 5.75 Å². The third kappa shape index (κ3) is 3.41. The minimum Gasteiger partial charge on any atom is -0.496 e. The fourth-order valence-electron chi connectivity index (χ4n) is 1.95. The number of para-hydroxylation sites is 1. The Balaban J connectivity index is 2.23. The molecule has 2 aromatic carbocycles. The van der Waals surface area contributed by atoms with Gasteiger partial charge >= 0.3 is 0 Å². The van der Waals surface area contributed by atoms with Crippen LogP contribution in [-0.2, 0) is 6.42 Å². The summed E-state index contributed by atoms with van der Waals surface area (Å²) in [6, 6.07) is 12.7. The maximum Gasteiger partial charge on any atom is 0.124 e. The second kappa shape index (κ2) is 6.29. The summed E-state index contributed by atoms with van der Waals surface area (Å²) in [5.41, 5.74) is 1.60. The lowest BCUT2D eigenvalue weighted by molar-refractivity contribution is 0.174. The van der Waals surface area contributed by atoms with Crippen LogP contribution >= 0.6 is 23.2 Å². The molecule has 2 aromatic rings. The molecule has 0 aliphatic rings. The molecule has 0 spiro atoms. The van der Waals surface area contributed by atoms with Gasteiger partial charge in [-0.2, -0.15) is 0 Å². The zero-order chi connectivity index (χ0) is 13.8. The van der Waals surface area contributed by atoms with Crippen molar-refractivity contribution in [1.29, 1.82) is 0 Å². The van der Waals surface area contributed by atoms with Crippen molar-refractivity contribution >= 4 is 23.2 Å². The molecule has 0 heterocycles. The molecule has 2 rings (SSSR count). The Morgan fingerprint density at radius 1 is 1.16 bits per heavy atom. The van der Waals surface area contributed by atoms with Gasteiger partial charge in [0.25, 0.3) is 0 Å². The van der Waals surface area contributed by atoms with E-state index in [-0.39, 0.29) is 0 Å². The van der Waals surface area contributed by atoms with Crippen LogP contribution in [-0.4, -0.2) is 12.2 Å². The number of aliphatic hydroxyl groups is 1. The summed E-state index contributed by atoms with van der Waals surface area (Å²) in [4.78, 5) is 0. The Kier molecular flexibility index (Phi) is 4.70. The summed E-state index contributed by atoms with van der Waals surface area (Å²) in [5, 5.41) is 11.4. The first-order valence-electron chi connectivity index (χ1n) is 5.86. The molecule has 2 nitrogen and oxygen atoms in total. The van der Waals surface area contributed by atoms with Gasteiger partial charge in [0, 0.05) is 22.0 Å². The van der Waals surface area contributed by atoms with Gasteiger partial charge in [-0.15, -0.1) is 0 Å². The van der Waals surface area contributed by atoms with Gasteiger partial charge < -0.3 is 9.84 Å². The van der Waals surface area contributed by atoms with Crippen LogP contribution < -0.4 is 4.74 Å². The zero-order valence-corrected chi connectivity index (χ0v) is 11.9. The molecule has 0 aromatic heterocycles. The first-order valence-corrected chi connectivity index (χ1v) is 6.62. The van der Waals surface area contributed by atoms with E-state index in [9.17, 15) is 5.11 Å².